The van der Waals surface area contributed by atoms with Gasteiger partial charge in [0.2, 0.25) is 5.71 Å². The lowest BCUT2D eigenvalue weighted by Crippen LogP contribution is -2.28. The van der Waals surface area contributed by atoms with Crippen LogP contribution in [0.3, 0.4) is 0 Å². The standard InChI is InChI=1S/C27H27B3N2O/c1-15-12-21-20-8-9-23(27(28,29)30)32-26(20)33-25(21)22(13-15)24-19-7-6-17(16-4-2-3-5-16)14-18(19)10-11-31-24/h6-14,16H,2-5,28-30H2,1H3. The number of pyridine rings is 2. The molecule has 0 atom stereocenters. The van der Waals surface area contributed by atoms with Gasteiger partial charge in [-0.05, 0) is 72.5 Å². The van der Waals surface area contributed by atoms with Gasteiger partial charge in [0.25, 0.3) is 0 Å². The summed E-state index contributed by atoms with van der Waals surface area (Å²) in [6, 6.07) is 17.8. The van der Waals surface area contributed by atoms with Crippen molar-refractivity contribution in [3.05, 3.63) is 71.5 Å². The van der Waals surface area contributed by atoms with Crippen LogP contribution in [-0.4, -0.2) is 33.5 Å². The van der Waals surface area contributed by atoms with Gasteiger partial charge in [-0.3, -0.25) is 4.98 Å². The number of hydrogen-bond acceptors (Lipinski definition) is 3. The zero-order valence-corrected chi connectivity index (χ0v) is 19.9. The van der Waals surface area contributed by atoms with Crippen LogP contribution in [0, 0.1) is 6.92 Å². The Morgan fingerprint density at radius 2 is 1.70 bits per heavy atom. The molecule has 1 aliphatic rings. The van der Waals surface area contributed by atoms with Gasteiger partial charge in [-0.2, -0.15) is 0 Å². The number of hydrogen-bond donors (Lipinski definition) is 0. The molecule has 3 aromatic heterocycles. The largest absolute Gasteiger partial charge is 0.437 e. The fourth-order valence-corrected chi connectivity index (χ4v) is 5.42. The molecule has 5 aromatic rings. The smallest absolute Gasteiger partial charge is 0.227 e. The Kier molecular flexibility index (Phi) is 4.69. The van der Waals surface area contributed by atoms with E-state index in [1.807, 2.05) is 6.20 Å². The number of aromatic nitrogens is 2. The quantitative estimate of drug-likeness (QED) is 0.405. The van der Waals surface area contributed by atoms with E-state index in [9.17, 15) is 0 Å². The Morgan fingerprint density at radius 1 is 0.909 bits per heavy atom. The van der Waals surface area contributed by atoms with E-state index in [1.165, 1.54) is 47.6 Å². The van der Waals surface area contributed by atoms with Crippen LogP contribution in [0.2, 0.25) is 0 Å². The molecule has 0 N–H and O–H groups in total. The van der Waals surface area contributed by atoms with Gasteiger partial charge < -0.3 is 4.42 Å². The van der Waals surface area contributed by atoms with Gasteiger partial charge in [0.15, 0.2) is 0 Å². The van der Waals surface area contributed by atoms with E-state index < -0.39 is 0 Å². The summed E-state index contributed by atoms with van der Waals surface area (Å²) in [5.74, 6) is 0.704. The Morgan fingerprint density at radius 3 is 2.48 bits per heavy atom. The molecule has 0 saturated heterocycles. The highest BCUT2D eigenvalue weighted by atomic mass is 16.3. The van der Waals surface area contributed by atoms with Gasteiger partial charge in [-0.25, -0.2) is 4.98 Å². The highest BCUT2D eigenvalue weighted by molar-refractivity contribution is 6.58. The predicted octanol–water partition coefficient (Wildman–Crippen LogP) is 4.17. The van der Waals surface area contributed by atoms with Gasteiger partial charge in [0.05, 0.1) is 29.2 Å². The first kappa shape index (κ1) is 20.6. The maximum absolute atomic E-state index is 6.43. The van der Waals surface area contributed by atoms with Crippen molar-refractivity contribution in [3.8, 4) is 11.3 Å². The Labute approximate surface area is 197 Å². The molecule has 6 rings (SSSR count). The summed E-state index contributed by atoms with van der Waals surface area (Å²) < 4.78 is 6.43. The average Bonchev–Trinajstić information content (AvgIpc) is 3.45. The van der Waals surface area contributed by atoms with Crippen LogP contribution in [0.25, 0.3) is 44.1 Å². The van der Waals surface area contributed by atoms with Crippen LogP contribution in [0.5, 0.6) is 0 Å². The minimum absolute atomic E-state index is 0.0277. The van der Waals surface area contributed by atoms with Crippen LogP contribution < -0.4 is 0 Å². The molecule has 3 heterocycles. The lowest BCUT2D eigenvalue weighted by atomic mass is 9.41. The van der Waals surface area contributed by atoms with E-state index in [0.717, 1.165) is 33.3 Å². The molecule has 0 aliphatic heterocycles. The van der Waals surface area contributed by atoms with Crippen LogP contribution in [0.15, 0.2) is 59.1 Å². The lowest BCUT2D eigenvalue weighted by molar-refractivity contribution is 0.652. The SMILES string of the molecule is BC(B)(B)c1ccc2c(n1)oc1c(-c3nccc4cc(C5CCCC5)ccc34)cc(C)cc12. The number of aryl methyl sites for hydroxylation is 1. The molecule has 2 aromatic carbocycles. The zero-order chi connectivity index (χ0) is 22.7. The molecule has 6 heteroatoms. The summed E-state index contributed by atoms with van der Waals surface area (Å²) in [4.78, 5) is 9.72. The maximum Gasteiger partial charge on any atom is 0.227 e. The first-order valence-corrected chi connectivity index (χ1v) is 12.1. The first-order chi connectivity index (χ1) is 15.9. The fraction of sp³-hybridized carbons (Fsp3) is 0.259. The minimum atomic E-state index is -0.0277. The summed E-state index contributed by atoms with van der Waals surface area (Å²) in [7, 11) is 6.54. The molecule has 0 unspecified atom stereocenters. The van der Waals surface area contributed by atoms with E-state index in [2.05, 4.69) is 79.0 Å². The molecule has 1 saturated carbocycles. The number of furan rings is 1. The summed E-state index contributed by atoms with van der Waals surface area (Å²) in [6.07, 6.45) is 7.25. The minimum Gasteiger partial charge on any atom is -0.437 e. The highest BCUT2D eigenvalue weighted by Crippen LogP contribution is 2.40. The summed E-state index contributed by atoms with van der Waals surface area (Å²) in [5.41, 5.74) is 7.29. The van der Waals surface area contributed by atoms with Crippen LogP contribution in [0.1, 0.15) is 48.4 Å². The third-order valence-corrected chi connectivity index (χ3v) is 7.22. The van der Waals surface area contributed by atoms with Gasteiger partial charge in [-0.15, -0.1) is 0 Å². The van der Waals surface area contributed by atoms with Crippen LogP contribution >= 0.6 is 0 Å². The normalized spacial score (nSPS) is 15.2. The lowest BCUT2D eigenvalue weighted by Gasteiger charge is -2.16. The Bertz CT molecular complexity index is 1530. The average molecular weight is 428 g/mol. The van der Waals surface area contributed by atoms with E-state index in [0.29, 0.717) is 11.6 Å². The summed E-state index contributed by atoms with van der Waals surface area (Å²) >= 11 is 0. The van der Waals surface area contributed by atoms with Gasteiger partial charge in [0.1, 0.15) is 5.58 Å². The molecule has 3 nitrogen and oxygen atoms in total. The van der Waals surface area contributed by atoms with E-state index in [1.54, 1.807) is 0 Å². The van der Waals surface area contributed by atoms with Gasteiger partial charge >= 0.3 is 0 Å². The molecule has 1 fully saturated rings. The third-order valence-electron chi connectivity index (χ3n) is 7.22. The maximum atomic E-state index is 6.43. The molecular formula is C27H27B3N2O. The van der Waals surface area contributed by atoms with Crippen LogP contribution in [0.4, 0.5) is 0 Å². The highest BCUT2D eigenvalue weighted by Gasteiger charge is 2.21. The molecule has 160 valence electrons. The number of fused-ring (bicyclic) bond motifs is 4. The van der Waals surface area contributed by atoms with Crippen molar-refractivity contribution in [2.75, 3.05) is 0 Å². The molecule has 33 heavy (non-hydrogen) atoms. The van der Waals surface area contributed by atoms with Crippen molar-refractivity contribution in [1.29, 1.82) is 0 Å². The Hall–Kier alpha value is -3.01. The topological polar surface area (TPSA) is 38.9 Å². The molecule has 0 amide bonds. The molecule has 0 bridgehead atoms. The fourth-order valence-electron chi connectivity index (χ4n) is 5.42. The van der Waals surface area contributed by atoms with Gasteiger partial charge in [-0.1, -0.05) is 36.2 Å². The summed E-state index contributed by atoms with van der Waals surface area (Å²) in [5, 5.41) is 4.57. The number of rotatable bonds is 3. The van der Waals surface area contributed by atoms with Crippen LogP contribution in [-0.2, 0) is 5.11 Å². The second kappa shape index (κ2) is 7.51. The van der Waals surface area contributed by atoms with Crippen molar-refractivity contribution in [3.63, 3.8) is 0 Å². The second-order valence-electron chi connectivity index (χ2n) is 10.7. The molecular weight excluding hydrogens is 401 g/mol. The van der Waals surface area contributed by atoms with Gasteiger partial charge in [0, 0.05) is 33.6 Å². The predicted molar refractivity (Wildman–Crippen MR) is 146 cm³/mol. The van der Waals surface area contributed by atoms with E-state index in [4.69, 9.17) is 14.4 Å². The van der Waals surface area contributed by atoms with Crippen molar-refractivity contribution < 1.29 is 4.42 Å². The Balaban J connectivity index is 1.57. The van der Waals surface area contributed by atoms with Crippen molar-refractivity contribution in [1.82, 2.24) is 9.97 Å². The van der Waals surface area contributed by atoms with E-state index in [-0.39, 0.29) is 5.11 Å². The summed E-state index contributed by atoms with van der Waals surface area (Å²) in [6.45, 7) is 2.14. The van der Waals surface area contributed by atoms with Crippen molar-refractivity contribution >= 4 is 56.4 Å². The molecule has 1 aliphatic carbocycles. The first-order valence-electron chi connectivity index (χ1n) is 12.1. The number of nitrogens with zero attached hydrogens (tertiary/aromatic N) is 2. The number of benzene rings is 2. The van der Waals surface area contributed by atoms with Crippen molar-refractivity contribution in [2.24, 2.45) is 0 Å². The third kappa shape index (κ3) is 3.47. The second-order valence-corrected chi connectivity index (χ2v) is 10.7. The monoisotopic (exact) mass is 428 g/mol. The molecule has 0 radical (unpaired) electrons. The van der Waals surface area contributed by atoms with E-state index >= 15 is 0 Å². The zero-order valence-electron chi connectivity index (χ0n) is 19.9. The van der Waals surface area contributed by atoms with Crippen molar-refractivity contribution in [2.45, 2.75) is 43.6 Å². The molecule has 0 spiro atoms.